The van der Waals surface area contributed by atoms with Crippen LogP contribution in [0, 0.1) is 0 Å². The van der Waals surface area contributed by atoms with Gasteiger partial charge in [-0.2, -0.15) is 0 Å². The number of carbonyl (C=O) groups excluding carboxylic acids is 1. The van der Waals surface area contributed by atoms with Crippen LogP contribution in [0.5, 0.6) is 0 Å². The Labute approximate surface area is 122 Å². The van der Waals surface area contributed by atoms with E-state index in [1.165, 1.54) is 5.56 Å². The number of fused-ring (bicyclic) bond motifs is 2. The van der Waals surface area contributed by atoms with E-state index >= 15 is 0 Å². The Balaban J connectivity index is 1.96. The van der Waals surface area contributed by atoms with E-state index in [-0.39, 0.29) is 5.91 Å². The molecule has 2 aromatic carbocycles. The molecule has 2 aliphatic rings. The van der Waals surface area contributed by atoms with Crippen LogP contribution in [0.25, 0.3) is 11.1 Å². The fourth-order valence-electron chi connectivity index (χ4n) is 3.13. The number of carbonyl (C=O) groups is 1. The minimum absolute atomic E-state index is 0.00370. The van der Waals surface area contributed by atoms with Crippen molar-refractivity contribution in [2.45, 2.75) is 12.8 Å². The Kier molecular flexibility index (Phi) is 2.48. The molecule has 98 valence electrons. The van der Waals surface area contributed by atoms with E-state index in [0.717, 1.165) is 45.8 Å². The lowest BCUT2D eigenvalue weighted by molar-refractivity contribution is -0.110. The minimum Gasteiger partial charge on any atom is -0.321 e. The number of hydrogen-bond acceptors (Lipinski definition) is 1. The number of benzene rings is 2. The van der Waals surface area contributed by atoms with E-state index in [2.05, 4.69) is 5.32 Å². The third kappa shape index (κ3) is 1.61. The molecule has 3 heteroatoms. The van der Waals surface area contributed by atoms with Crippen molar-refractivity contribution in [3.8, 4) is 0 Å². The Morgan fingerprint density at radius 2 is 1.85 bits per heavy atom. The number of amides is 1. The molecule has 1 aliphatic carbocycles. The van der Waals surface area contributed by atoms with E-state index in [0.29, 0.717) is 0 Å². The van der Waals surface area contributed by atoms with Crippen molar-refractivity contribution in [2.75, 3.05) is 5.32 Å². The van der Waals surface area contributed by atoms with Crippen LogP contribution < -0.4 is 5.32 Å². The third-order valence-corrected chi connectivity index (χ3v) is 4.25. The highest BCUT2D eigenvalue weighted by atomic mass is 35.5. The van der Waals surface area contributed by atoms with Crippen LogP contribution in [-0.4, -0.2) is 5.91 Å². The second-order valence-electron chi connectivity index (χ2n) is 5.15. The maximum Gasteiger partial charge on any atom is 0.256 e. The topological polar surface area (TPSA) is 29.1 Å². The fourth-order valence-corrected chi connectivity index (χ4v) is 3.33. The molecule has 1 heterocycles. The van der Waals surface area contributed by atoms with Gasteiger partial charge in [0, 0.05) is 16.3 Å². The van der Waals surface area contributed by atoms with Crippen molar-refractivity contribution in [3.63, 3.8) is 0 Å². The lowest BCUT2D eigenvalue weighted by Crippen LogP contribution is -2.05. The Hall–Kier alpha value is -2.06. The summed E-state index contributed by atoms with van der Waals surface area (Å²) in [6.45, 7) is 0. The summed E-state index contributed by atoms with van der Waals surface area (Å²) in [5.74, 6) is 0.00370. The van der Waals surface area contributed by atoms with Crippen LogP contribution in [0.2, 0.25) is 5.02 Å². The Morgan fingerprint density at radius 3 is 2.75 bits per heavy atom. The van der Waals surface area contributed by atoms with E-state index in [9.17, 15) is 4.79 Å². The summed E-state index contributed by atoms with van der Waals surface area (Å²) < 4.78 is 0. The second-order valence-corrected chi connectivity index (χ2v) is 5.59. The molecule has 0 atom stereocenters. The van der Waals surface area contributed by atoms with Crippen molar-refractivity contribution >= 4 is 34.3 Å². The van der Waals surface area contributed by atoms with E-state index in [1.54, 1.807) is 0 Å². The smallest absolute Gasteiger partial charge is 0.256 e. The average Bonchev–Trinajstić information content (AvgIpc) is 2.97. The van der Waals surface area contributed by atoms with Crippen molar-refractivity contribution in [1.82, 2.24) is 0 Å². The van der Waals surface area contributed by atoms with E-state index in [4.69, 9.17) is 11.6 Å². The molecule has 1 N–H and O–H groups in total. The SMILES string of the molecule is O=C1Nc2ccccc2/C1=C1/CCc2cc(Cl)ccc21. The van der Waals surface area contributed by atoms with Gasteiger partial charge in [0.05, 0.1) is 5.57 Å². The number of aryl methyl sites for hydroxylation is 1. The molecule has 0 aromatic heterocycles. The summed E-state index contributed by atoms with van der Waals surface area (Å²) in [4.78, 5) is 12.3. The van der Waals surface area contributed by atoms with E-state index in [1.807, 2.05) is 42.5 Å². The van der Waals surface area contributed by atoms with Crippen LogP contribution in [-0.2, 0) is 11.2 Å². The first-order valence-corrected chi connectivity index (χ1v) is 7.04. The van der Waals surface area contributed by atoms with Crippen LogP contribution in [0.1, 0.15) is 23.1 Å². The van der Waals surface area contributed by atoms with Gasteiger partial charge < -0.3 is 5.32 Å². The number of nitrogens with one attached hydrogen (secondary N) is 1. The first-order chi connectivity index (χ1) is 9.74. The van der Waals surface area contributed by atoms with Gasteiger partial charge in [-0.25, -0.2) is 0 Å². The lowest BCUT2D eigenvalue weighted by Gasteiger charge is -2.06. The Morgan fingerprint density at radius 1 is 1.00 bits per heavy atom. The number of hydrogen-bond donors (Lipinski definition) is 1. The highest BCUT2D eigenvalue weighted by Crippen LogP contribution is 2.43. The van der Waals surface area contributed by atoms with Gasteiger partial charge in [0.1, 0.15) is 0 Å². The maximum atomic E-state index is 12.3. The summed E-state index contributed by atoms with van der Waals surface area (Å²) >= 11 is 6.05. The molecule has 2 aromatic rings. The van der Waals surface area contributed by atoms with Crippen molar-refractivity contribution < 1.29 is 4.79 Å². The van der Waals surface area contributed by atoms with Crippen LogP contribution in [0.3, 0.4) is 0 Å². The summed E-state index contributed by atoms with van der Waals surface area (Å²) in [6, 6.07) is 13.8. The monoisotopic (exact) mass is 281 g/mol. The molecule has 0 saturated carbocycles. The van der Waals surface area contributed by atoms with Crippen molar-refractivity contribution in [2.24, 2.45) is 0 Å². The van der Waals surface area contributed by atoms with Crippen molar-refractivity contribution in [3.05, 3.63) is 64.2 Å². The highest BCUT2D eigenvalue weighted by Gasteiger charge is 2.30. The zero-order chi connectivity index (χ0) is 13.7. The summed E-state index contributed by atoms with van der Waals surface area (Å²) in [7, 11) is 0. The number of rotatable bonds is 0. The molecule has 0 bridgehead atoms. The highest BCUT2D eigenvalue weighted by molar-refractivity contribution is 6.37. The Bertz CT molecular complexity index is 776. The third-order valence-electron chi connectivity index (χ3n) is 4.01. The van der Waals surface area contributed by atoms with Gasteiger partial charge in [0.15, 0.2) is 0 Å². The van der Waals surface area contributed by atoms with Gasteiger partial charge in [-0.15, -0.1) is 0 Å². The number of allylic oxidation sites excluding steroid dienone is 1. The molecular weight excluding hydrogens is 270 g/mol. The summed E-state index contributed by atoms with van der Waals surface area (Å²) in [5.41, 5.74) is 6.27. The molecule has 0 unspecified atom stereocenters. The number of halogens is 1. The molecule has 20 heavy (non-hydrogen) atoms. The molecule has 1 aliphatic heterocycles. The van der Waals surface area contributed by atoms with Gasteiger partial charge in [0.2, 0.25) is 0 Å². The predicted molar refractivity (Wildman–Crippen MR) is 81.7 cm³/mol. The molecular formula is C17H12ClNO. The van der Waals surface area contributed by atoms with Gasteiger partial charge >= 0.3 is 0 Å². The largest absolute Gasteiger partial charge is 0.321 e. The molecule has 0 radical (unpaired) electrons. The normalized spacial score (nSPS) is 19.8. The van der Waals surface area contributed by atoms with Crippen LogP contribution >= 0.6 is 11.6 Å². The van der Waals surface area contributed by atoms with Crippen LogP contribution in [0.4, 0.5) is 5.69 Å². The second kappa shape index (κ2) is 4.22. The average molecular weight is 282 g/mol. The molecule has 0 saturated heterocycles. The van der Waals surface area contributed by atoms with Gasteiger partial charge in [0.25, 0.3) is 5.91 Å². The zero-order valence-electron chi connectivity index (χ0n) is 10.7. The van der Waals surface area contributed by atoms with Gasteiger partial charge in [-0.1, -0.05) is 35.9 Å². The minimum atomic E-state index is 0.00370. The molecule has 0 fully saturated rings. The molecule has 2 nitrogen and oxygen atoms in total. The van der Waals surface area contributed by atoms with Gasteiger partial charge in [-0.3, -0.25) is 4.79 Å². The molecule has 4 rings (SSSR count). The van der Waals surface area contributed by atoms with Crippen LogP contribution in [0.15, 0.2) is 42.5 Å². The number of para-hydroxylation sites is 1. The standard InChI is InChI=1S/C17H12ClNO/c18-11-6-8-12-10(9-11)5-7-13(12)16-14-3-1-2-4-15(14)19-17(16)20/h1-4,6,8-9H,5,7H2,(H,19,20)/b16-13+. The lowest BCUT2D eigenvalue weighted by atomic mass is 9.97. The summed E-state index contributed by atoms with van der Waals surface area (Å²) in [6.07, 6.45) is 1.84. The fraction of sp³-hybridized carbons (Fsp3) is 0.118. The quantitative estimate of drug-likeness (QED) is 0.722. The molecule has 0 spiro atoms. The predicted octanol–water partition coefficient (Wildman–Crippen LogP) is 4.15. The van der Waals surface area contributed by atoms with Gasteiger partial charge in [-0.05, 0) is 47.7 Å². The number of anilines is 1. The first-order valence-electron chi connectivity index (χ1n) is 6.67. The van der Waals surface area contributed by atoms with E-state index < -0.39 is 0 Å². The molecule has 1 amide bonds. The maximum absolute atomic E-state index is 12.3. The summed E-state index contributed by atoms with van der Waals surface area (Å²) in [5, 5.41) is 3.70. The van der Waals surface area contributed by atoms with Crippen molar-refractivity contribution in [1.29, 1.82) is 0 Å². The first kappa shape index (κ1) is 11.7. The zero-order valence-corrected chi connectivity index (χ0v) is 11.5.